The number of hydrogen-bond acceptors (Lipinski definition) is 5. The van der Waals surface area contributed by atoms with Crippen LogP contribution in [-0.2, 0) is 16.1 Å². The highest BCUT2D eigenvalue weighted by Gasteiger charge is 2.46. The lowest BCUT2D eigenvalue weighted by Crippen LogP contribution is -2.29. The van der Waals surface area contributed by atoms with Crippen LogP contribution in [0, 0.1) is 5.82 Å². The highest BCUT2D eigenvalue weighted by atomic mass is 19.1. The van der Waals surface area contributed by atoms with Crippen LogP contribution < -0.4 is 4.74 Å². The van der Waals surface area contributed by atoms with E-state index in [1.54, 1.807) is 36.4 Å². The Labute approximate surface area is 184 Å². The molecule has 0 spiro atoms. The van der Waals surface area contributed by atoms with Gasteiger partial charge >= 0.3 is 0 Å². The van der Waals surface area contributed by atoms with E-state index in [0.29, 0.717) is 23.7 Å². The minimum Gasteiger partial charge on any atom is -0.507 e. The normalized spacial score (nSPS) is 17.7. The third kappa shape index (κ3) is 4.14. The number of carbonyl (C=O) groups excluding carboxylic acids is 2. The monoisotopic (exact) mass is 435 g/mol. The molecule has 1 aromatic heterocycles. The second kappa shape index (κ2) is 9.09. The topological polar surface area (TPSA) is 80.0 Å². The number of amides is 1. The minimum atomic E-state index is -0.842. The zero-order chi connectivity index (χ0) is 22.7. The average molecular weight is 435 g/mol. The van der Waals surface area contributed by atoms with Gasteiger partial charge in [0.2, 0.25) is 0 Å². The molecular formula is C25H22FNO5. The summed E-state index contributed by atoms with van der Waals surface area (Å²) in [7, 11) is 0. The fourth-order valence-electron chi connectivity index (χ4n) is 3.69. The van der Waals surface area contributed by atoms with Crippen molar-refractivity contribution < 1.29 is 28.2 Å². The molecule has 32 heavy (non-hydrogen) atoms. The largest absolute Gasteiger partial charge is 0.507 e. The number of nitrogens with zero attached hydrogens (tertiary/aromatic N) is 1. The SMILES string of the molecule is CCCOc1ccc(C2C(=C(O)c3ccc(F)cc3)C(=O)C(=O)N2Cc2ccco2)cc1. The van der Waals surface area contributed by atoms with E-state index < -0.39 is 23.5 Å². The third-order valence-electron chi connectivity index (χ3n) is 5.23. The summed E-state index contributed by atoms with van der Waals surface area (Å²) in [5.41, 5.74) is 0.814. The molecule has 7 heteroatoms. The first-order valence-electron chi connectivity index (χ1n) is 10.3. The van der Waals surface area contributed by atoms with Crippen LogP contribution >= 0.6 is 0 Å². The van der Waals surface area contributed by atoms with Gasteiger partial charge in [-0.05, 0) is 60.5 Å². The first kappa shape index (κ1) is 21.4. The van der Waals surface area contributed by atoms with Gasteiger partial charge in [-0.3, -0.25) is 9.59 Å². The van der Waals surface area contributed by atoms with E-state index in [1.807, 2.05) is 6.92 Å². The summed E-state index contributed by atoms with van der Waals surface area (Å²) in [6, 6.07) is 14.7. The van der Waals surface area contributed by atoms with E-state index in [4.69, 9.17) is 9.15 Å². The summed E-state index contributed by atoms with van der Waals surface area (Å²) in [4.78, 5) is 27.3. The molecule has 0 radical (unpaired) electrons. The Morgan fingerprint density at radius 2 is 1.81 bits per heavy atom. The van der Waals surface area contributed by atoms with Crippen LogP contribution in [-0.4, -0.2) is 28.3 Å². The van der Waals surface area contributed by atoms with Gasteiger partial charge in [0, 0.05) is 5.56 Å². The first-order valence-corrected chi connectivity index (χ1v) is 10.3. The van der Waals surface area contributed by atoms with Crippen LogP contribution in [0.2, 0.25) is 0 Å². The maximum atomic E-state index is 13.4. The van der Waals surface area contributed by atoms with Gasteiger partial charge in [0.1, 0.15) is 23.1 Å². The lowest BCUT2D eigenvalue weighted by atomic mass is 9.95. The molecule has 3 aromatic rings. The number of rotatable bonds is 7. The van der Waals surface area contributed by atoms with Crippen molar-refractivity contribution in [1.29, 1.82) is 0 Å². The quantitative estimate of drug-likeness (QED) is 0.327. The summed E-state index contributed by atoms with van der Waals surface area (Å²) in [5, 5.41) is 11.0. The van der Waals surface area contributed by atoms with Crippen LogP contribution in [0.5, 0.6) is 5.75 Å². The maximum Gasteiger partial charge on any atom is 0.296 e. The van der Waals surface area contributed by atoms with E-state index in [2.05, 4.69) is 0 Å². The van der Waals surface area contributed by atoms with Gasteiger partial charge < -0.3 is 19.2 Å². The smallest absolute Gasteiger partial charge is 0.296 e. The van der Waals surface area contributed by atoms with Crippen molar-refractivity contribution in [2.75, 3.05) is 6.61 Å². The number of benzene rings is 2. The number of halogens is 1. The number of carbonyl (C=O) groups is 2. The van der Waals surface area contributed by atoms with Crippen molar-refractivity contribution in [2.45, 2.75) is 25.9 Å². The van der Waals surface area contributed by atoms with Gasteiger partial charge in [0.25, 0.3) is 11.7 Å². The van der Waals surface area contributed by atoms with Crippen LogP contribution in [0.4, 0.5) is 4.39 Å². The first-order chi connectivity index (χ1) is 15.5. The number of aliphatic hydroxyl groups is 1. The molecule has 1 N–H and O–H groups in total. The second-order valence-electron chi connectivity index (χ2n) is 7.43. The Hall–Kier alpha value is -3.87. The Kier molecular flexibility index (Phi) is 6.07. The lowest BCUT2D eigenvalue weighted by molar-refractivity contribution is -0.140. The molecule has 6 nitrogen and oxygen atoms in total. The standard InChI is InChI=1S/C25H22FNO5/c1-2-13-31-19-11-7-16(8-12-19)22-21(23(28)17-5-9-18(26)10-6-17)24(29)25(30)27(22)15-20-4-3-14-32-20/h3-12,14,22,28H,2,13,15H2,1H3. The summed E-state index contributed by atoms with van der Waals surface area (Å²) < 4.78 is 24.4. The Morgan fingerprint density at radius 3 is 2.44 bits per heavy atom. The van der Waals surface area contributed by atoms with Gasteiger partial charge in [0.15, 0.2) is 0 Å². The molecule has 0 saturated carbocycles. The van der Waals surface area contributed by atoms with E-state index in [-0.39, 0.29) is 23.4 Å². The predicted octanol–water partition coefficient (Wildman–Crippen LogP) is 4.83. The van der Waals surface area contributed by atoms with Crippen molar-refractivity contribution in [1.82, 2.24) is 4.90 Å². The molecule has 0 aliphatic carbocycles. The van der Waals surface area contributed by atoms with Gasteiger partial charge in [-0.1, -0.05) is 19.1 Å². The second-order valence-corrected chi connectivity index (χ2v) is 7.43. The lowest BCUT2D eigenvalue weighted by Gasteiger charge is -2.24. The summed E-state index contributed by atoms with van der Waals surface area (Å²) in [6.45, 7) is 2.63. The molecule has 1 aliphatic heterocycles. The molecule has 0 bridgehead atoms. The molecule has 1 aliphatic rings. The van der Waals surface area contributed by atoms with E-state index >= 15 is 0 Å². The summed E-state index contributed by atoms with van der Waals surface area (Å²) in [5.74, 6) is -1.23. The predicted molar refractivity (Wildman–Crippen MR) is 115 cm³/mol. The van der Waals surface area contributed by atoms with Gasteiger partial charge in [-0.2, -0.15) is 0 Å². The fourth-order valence-corrected chi connectivity index (χ4v) is 3.69. The molecule has 2 aromatic carbocycles. The Morgan fingerprint density at radius 1 is 1.09 bits per heavy atom. The van der Waals surface area contributed by atoms with Crippen molar-refractivity contribution in [3.63, 3.8) is 0 Å². The number of likely N-dealkylation sites (tertiary alicyclic amines) is 1. The summed E-state index contributed by atoms with van der Waals surface area (Å²) >= 11 is 0. The maximum absolute atomic E-state index is 13.4. The number of aliphatic hydroxyl groups excluding tert-OH is 1. The number of hydrogen-bond donors (Lipinski definition) is 1. The zero-order valence-electron chi connectivity index (χ0n) is 17.5. The van der Waals surface area contributed by atoms with E-state index in [1.165, 1.54) is 35.4 Å². The van der Waals surface area contributed by atoms with E-state index in [0.717, 1.165) is 6.42 Å². The van der Waals surface area contributed by atoms with Crippen molar-refractivity contribution in [2.24, 2.45) is 0 Å². The van der Waals surface area contributed by atoms with E-state index in [9.17, 15) is 19.1 Å². The van der Waals surface area contributed by atoms with Crippen molar-refractivity contribution >= 4 is 17.4 Å². The fraction of sp³-hybridized carbons (Fsp3) is 0.200. The Bertz CT molecular complexity index is 1130. The minimum absolute atomic E-state index is 0.0521. The van der Waals surface area contributed by atoms with Crippen LogP contribution in [0.15, 0.2) is 76.9 Å². The van der Waals surface area contributed by atoms with Gasteiger partial charge in [-0.15, -0.1) is 0 Å². The molecule has 1 unspecified atom stereocenters. The number of furan rings is 1. The van der Waals surface area contributed by atoms with Gasteiger partial charge in [0.05, 0.1) is 31.0 Å². The molecule has 1 atom stereocenters. The Balaban J connectivity index is 1.79. The van der Waals surface area contributed by atoms with Crippen molar-refractivity contribution in [3.8, 4) is 5.75 Å². The third-order valence-corrected chi connectivity index (χ3v) is 5.23. The van der Waals surface area contributed by atoms with Crippen LogP contribution in [0.1, 0.15) is 36.3 Å². The summed E-state index contributed by atoms with van der Waals surface area (Å²) in [6.07, 6.45) is 2.35. The molecule has 1 amide bonds. The van der Waals surface area contributed by atoms with Crippen molar-refractivity contribution in [3.05, 3.63) is 95.2 Å². The molecule has 4 rings (SSSR count). The molecule has 1 saturated heterocycles. The highest BCUT2D eigenvalue weighted by Crippen LogP contribution is 2.40. The van der Waals surface area contributed by atoms with Crippen LogP contribution in [0.3, 0.4) is 0 Å². The average Bonchev–Trinajstić information content (AvgIpc) is 3.40. The molecule has 164 valence electrons. The number of Topliss-reactive ketones (excluding diaryl/α,β-unsaturated/α-hetero) is 1. The molecule has 2 heterocycles. The number of ether oxygens (including phenoxy) is 1. The zero-order valence-corrected chi connectivity index (χ0v) is 17.5. The molecular weight excluding hydrogens is 413 g/mol. The van der Waals surface area contributed by atoms with Gasteiger partial charge in [-0.25, -0.2) is 4.39 Å². The van der Waals surface area contributed by atoms with Crippen LogP contribution in [0.25, 0.3) is 5.76 Å². The highest BCUT2D eigenvalue weighted by molar-refractivity contribution is 6.46. The molecule has 1 fully saturated rings. The number of ketones is 1.